The lowest BCUT2D eigenvalue weighted by Gasteiger charge is -1.85. The zero-order valence-electron chi connectivity index (χ0n) is 6.70. The van der Waals surface area contributed by atoms with Crippen LogP contribution >= 0.6 is 0 Å². The highest BCUT2D eigenvalue weighted by atomic mass is 16.4. The van der Waals surface area contributed by atoms with Crippen molar-refractivity contribution in [3.63, 3.8) is 0 Å². The summed E-state index contributed by atoms with van der Waals surface area (Å²) in [5.74, 6) is 0.624. The van der Waals surface area contributed by atoms with Crippen molar-refractivity contribution < 1.29 is 8.84 Å². The second-order valence-electron chi connectivity index (χ2n) is 2.45. The van der Waals surface area contributed by atoms with Crippen molar-refractivity contribution >= 4 is 17.3 Å². The molecule has 0 spiro atoms. The molecule has 2 aromatic rings. The smallest absolute Gasteiger partial charge is 0.261 e. The highest BCUT2D eigenvalue weighted by Gasteiger charge is 1.94. The number of carbonyl (C=O) groups excluding carboxylic acids is 1. The van der Waals surface area contributed by atoms with Gasteiger partial charge in [0.1, 0.15) is 5.58 Å². The minimum absolute atomic E-state index is 0.624. The Bertz CT molecular complexity index is 379. The summed E-state index contributed by atoms with van der Waals surface area (Å²) in [6.07, 6.45) is 2.63. The van der Waals surface area contributed by atoms with Crippen molar-refractivity contribution in [2.75, 3.05) is 7.11 Å². The van der Waals surface area contributed by atoms with Gasteiger partial charge in [-0.25, -0.2) is 0 Å². The van der Waals surface area contributed by atoms with Gasteiger partial charge in [-0.1, -0.05) is 23.6 Å². The van der Waals surface area contributed by atoms with Gasteiger partial charge < -0.3 is 8.84 Å². The number of furan rings is 1. The van der Waals surface area contributed by atoms with E-state index in [2.05, 4.69) is 6.29 Å². The van der Waals surface area contributed by atoms with Gasteiger partial charge in [-0.15, -0.1) is 6.07 Å². The van der Waals surface area contributed by atoms with Crippen LogP contribution in [-0.2, 0) is 4.42 Å². The average molecular weight is 160 g/mol. The van der Waals surface area contributed by atoms with Crippen molar-refractivity contribution in [3.05, 3.63) is 36.1 Å². The van der Waals surface area contributed by atoms with E-state index in [0.29, 0.717) is 5.76 Å². The Morgan fingerprint density at radius 2 is 2.17 bits per heavy atom. The van der Waals surface area contributed by atoms with Crippen LogP contribution in [-0.4, -0.2) is 13.4 Å². The first kappa shape index (κ1) is 7.10. The molecule has 0 saturated heterocycles. The van der Waals surface area contributed by atoms with Crippen molar-refractivity contribution in [2.24, 2.45) is 0 Å². The molecule has 2 nitrogen and oxygen atoms in total. The lowest BCUT2D eigenvalue weighted by molar-refractivity contribution is 0.183. The number of para-hydroxylation sites is 1. The molecule has 2 rings (SSSR count). The molecule has 0 aliphatic heterocycles. The molecule has 0 bridgehead atoms. The molecule has 1 aromatic carbocycles. The van der Waals surface area contributed by atoms with Gasteiger partial charge in [0.05, 0.1) is 5.76 Å². The standard InChI is InChI=1S/C10H8O2/c1-11-7-9-6-8-4-2-3-5-10(8)12-9/h2-6H,1H3. The molecule has 0 aliphatic carbocycles. The third-order valence-corrected chi connectivity index (χ3v) is 1.63. The van der Waals surface area contributed by atoms with Gasteiger partial charge in [0.15, 0.2) is 0 Å². The van der Waals surface area contributed by atoms with E-state index in [1.807, 2.05) is 30.3 Å². The third kappa shape index (κ3) is 1.11. The molecule has 0 fully saturated rings. The maximum Gasteiger partial charge on any atom is 0.261 e. The SMILES string of the molecule is C[O+]=[C-]c1cc2ccccc2o1. The molecule has 60 valence electrons. The molecule has 0 N–H and O–H groups in total. The molecular weight excluding hydrogens is 152 g/mol. The molecule has 0 saturated carbocycles. The number of hydrogen-bond donors (Lipinski definition) is 0. The zero-order chi connectivity index (χ0) is 8.39. The van der Waals surface area contributed by atoms with Crippen molar-refractivity contribution in [1.82, 2.24) is 0 Å². The molecule has 1 aromatic heterocycles. The molecular formula is C10H8O2. The van der Waals surface area contributed by atoms with Crippen LogP contribution in [0, 0.1) is 0 Å². The number of hydrogen-bond acceptors (Lipinski definition) is 1. The van der Waals surface area contributed by atoms with Crippen molar-refractivity contribution in [2.45, 2.75) is 0 Å². The summed E-state index contributed by atoms with van der Waals surface area (Å²) in [6, 6.07) is 9.69. The van der Waals surface area contributed by atoms with Crippen LogP contribution in [0.5, 0.6) is 0 Å². The van der Waals surface area contributed by atoms with Crippen LogP contribution in [0.4, 0.5) is 0 Å². The van der Waals surface area contributed by atoms with E-state index >= 15 is 0 Å². The number of benzene rings is 1. The minimum atomic E-state index is 0.624. The van der Waals surface area contributed by atoms with E-state index in [9.17, 15) is 0 Å². The van der Waals surface area contributed by atoms with E-state index in [1.165, 1.54) is 0 Å². The summed E-state index contributed by atoms with van der Waals surface area (Å²) in [4.78, 5) is 0. The molecule has 2 heteroatoms. The molecule has 0 amide bonds. The quantitative estimate of drug-likeness (QED) is 0.463. The van der Waals surface area contributed by atoms with Crippen molar-refractivity contribution in [3.8, 4) is 0 Å². The maximum absolute atomic E-state index is 5.37. The summed E-state index contributed by atoms with van der Waals surface area (Å²) in [7, 11) is 1.55. The zero-order valence-corrected chi connectivity index (χ0v) is 6.70. The van der Waals surface area contributed by atoms with Gasteiger partial charge in [0.2, 0.25) is 7.11 Å². The monoisotopic (exact) mass is 160 g/mol. The fourth-order valence-electron chi connectivity index (χ4n) is 1.13. The van der Waals surface area contributed by atoms with Crippen LogP contribution in [0.1, 0.15) is 5.76 Å². The maximum atomic E-state index is 5.37. The van der Waals surface area contributed by atoms with Gasteiger partial charge in [-0.2, -0.15) is 0 Å². The summed E-state index contributed by atoms with van der Waals surface area (Å²) in [6.45, 7) is 0. The molecule has 0 unspecified atom stereocenters. The molecule has 1 heterocycles. The van der Waals surface area contributed by atoms with E-state index in [0.717, 1.165) is 11.0 Å². The lowest BCUT2D eigenvalue weighted by atomic mass is 10.2. The van der Waals surface area contributed by atoms with E-state index in [4.69, 9.17) is 8.84 Å². The molecule has 0 aliphatic rings. The fraction of sp³-hybridized carbons (Fsp3) is 0.100. The number of fused-ring (bicyclic) bond motifs is 1. The van der Waals surface area contributed by atoms with E-state index < -0.39 is 0 Å². The second-order valence-corrected chi connectivity index (χ2v) is 2.45. The highest BCUT2D eigenvalue weighted by molar-refractivity contribution is 5.85. The van der Waals surface area contributed by atoms with Gasteiger partial charge >= 0.3 is 0 Å². The third-order valence-electron chi connectivity index (χ3n) is 1.63. The minimum Gasteiger partial charge on any atom is -0.488 e. The summed E-state index contributed by atoms with van der Waals surface area (Å²) in [5, 5.41) is 1.07. The molecule has 0 atom stereocenters. The predicted octanol–water partition coefficient (Wildman–Crippen LogP) is 2.06. The van der Waals surface area contributed by atoms with Gasteiger partial charge in [-0.05, 0) is 6.07 Å². The van der Waals surface area contributed by atoms with Crippen LogP contribution in [0.15, 0.2) is 34.7 Å². The predicted molar refractivity (Wildman–Crippen MR) is 46.9 cm³/mol. The Labute approximate surface area is 70.1 Å². The first-order chi connectivity index (χ1) is 5.90. The Morgan fingerprint density at radius 3 is 2.92 bits per heavy atom. The van der Waals surface area contributed by atoms with Crippen molar-refractivity contribution in [1.29, 1.82) is 0 Å². The number of rotatable bonds is 1. The summed E-state index contributed by atoms with van der Waals surface area (Å²) < 4.78 is 10.1. The average Bonchev–Trinajstić information content (AvgIpc) is 2.47. The van der Waals surface area contributed by atoms with Gasteiger partial charge in [0, 0.05) is 0 Å². The Hall–Kier alpha value is -1.57. The Balaban J connectivity index is 2.62. The van der Waals surface area contributed by atoms with Crippen LogP contribution in [0.3, 0.4) is 0 Å². The topological polar surface area (TPSA) is 24.4 Å². The normalized spacial score (nSPS) is 11.4. The largest absolute Gasteiger partial charge is 0.488 e. The first-order valence-corrected chi connectivity index (χ1v) is 3.68. The van der Waals surface area contributed by atoms with Crippen LogP contribution < -0.4 is 0 Å². The first-order valence-electron chi connectivity index (χ1n) is 3.68. The molecule has 12 heavy (non-hydrogen) atoms. The van der Waals surface area contributed by atoms with Gasteiger partial charge in [-0.3, -0.25) is 0 Å². The van der Waals surface area contributed by atoms with Crippen LogP contribution in [0.2, 0.25) is 0 Å². The van der Waals surface area contributed by atoms with Gasteiger partial charge in [0.25, 0.3) is 6.29 Å². The highest BCUT2D eigenvalue weighted by Crippen LogP contribution is 2.16. The Kier molecular flexibility index (Phi) is 1.67. The lowest BCUT2D eigenvalue weighted by Crippen LogP contribution is -1.74. The Morgan fingerprint density at radius 1 is 1.33 bits per heavy atom. The fourth-order valence-corrected chi connectivity index (χ4v) is 1.13. The molecule has 0 radical (unpaired) electrons. The summed E-state index contributed by atoms with van der Waals surface area (Å²) in [5.41, 5.74) is 0.858. The second kappa shape index (κ2) is 2.81. The summed E-state index contributed by atoms with van der Waals surface area (Å²) >= 11 is 0. The van der Waals surface area contributed by atoms with E-state index in [-0.39, 0.29) is 0 Å². The van der Waals surface area contributed by atoms with E-state index in [1.54, 1.807) is 7.11 Å². The van der Waals surface area contributed by atoms with Crippen LogP contribution in [0.25, 0.3) is 11.0 Å².